The van der Waals surface area contributed by atoms with Crippen LogP contribution < -0.4 is 5.73 Å². The first-order valence-corrected chi connectivity index (χ1v) is 5.38. The molecule has 0 aromatic heterocycles. The fourth-order valence-electron chi connectivity index (χ4n) is 0.598. The molecule has 13 heavy (non-hydrogen) atoms. The van der Waals surface area contributed by atoms with Crippen LogP contribution in [0.1, 0.15) is 6.92 Å². The van der Waals surface area contributed by atoms with Gasteiger partial charge in [-0.05, 0) is 6.92 Å². The summed E-state index contributed by atoms with van der Waals surface area (Å²) in [6.07, 6.45) is 0. The van der Waals surface area contributed by atoms with Gasteiger partial charge in [-0.25, -0.2) is 0 Å². The molecule has 2 N–H and O–H groups in total. The summed E-state index contributed by atoms with van der Waals surface area (Å²) in [5.41, 5.74) is 8.09. The Balaban J connectivity index is 3.59. The third-order valence-electron chi connectivity index (χ3n) is 1.32. The molecule has 0 saturated heterocycles. The summed E-state index contributed by atoms with van der Waals surface area (Å²) in [4.78, 5) is 10.9. The van der Waals surface area contributed by atoms with Gasteiger partial charge in [0.2, 0.25) is 0 Å². The van der Waals surface area contributed by atoms with Crippen molar-refractivity contribution in [2.24, 2.45) is 5.73 Å². The van der Waals surface area contributed by atoms with Gasteiger partial charge in [0, 0.05) is 17.0 Å². The lowest BCUT2D eigenvalue weighted by Gasteiger charge is -2.08. The Morgan fingerprint density at radius 2 is 2.38 bits per heavy atom. The number of halogens is 1. The molecule has 0 saturated carbocycles. The average molecular weight is 224 g/mol. The molecule has 0 heterocycles. The second-order valence-corrected chi connectivity index (χ2v) is 3.85. The predicted molar refractivity (Wildman–Crippen MR) is 56.9 cm³/mol. The number of hydrogen-bond donors (Lipinski definition) is 1. The standard InChI is InChI=1S/C8H14ClNO2S/c1-6(3-9)4-13-5-7(10)8(11)12-2/h3,7H,4-5,10H2,1-2H3. The minimum Gasteiger partial charge on any atom is -0.468 e. The first-order chi connectivity index (χ1) is 6.11. The quantitative estimate of drug-likeness (QED) is 0.716. The van der Waals surface area contributed by atoms with E-state index >= 15 is 0 Å². The minimum atomic E-state index is -0.543. The van der Waals surface area contributed by atoms with Crippen molar-refractivity contribution in [1.29, 1.82) is 0 Å². The van der Waals surface area contributed by atoms with Gasteiger partial charge in [-0.2, -0.15) is 11.8 Å². The van der Waals surface area contributed by atoms with Crippen LogP contribution in [0.2, 0.25) is 0 Å². The van der Waals surface area contributed by atoms with Gasteiger partial charge in [-0.15, -0.1) is 0 Å². The third kappa shape index (κ3) is 5.96. The van der Waals surface area contributed by atoms with Crippen LogP contribution in [0.3, 0.4) is 0 Å². The van der Waals surface area contributed by atoms with Gasteiger partial charge in [0.15, 0.2) is 0 Å². The molecule has 0 radical (unpaired) electrons. The van der Waals surface area contributed by atoms with E-state index in [0.717, 1.165) is 11.3 Å². The number of hydrogen-bond acceptors (Lipinski definition) is 4. The summed E-state index contributed by atoms with van der Waals surface area (Å²) in [6.45, 7) is 1.92. The number of methoxy groups -OCH3 is 1. The van der Waals surface area contributed by atoms with E-state index in [9.17, 15) is 4.79 Å². The Kier molecular flexibility index (Phi) is 7.13. The van der Waals surface area contributed by atoms with E-state index in [-0.39, 0.29) is 5.97 Å². The Labute approximate surface area is 87.6 Å². The normalized spacial score (nSPS) is 14.0. The smallest absolute Gasteiger partial charge is 0.323 e. The highest BCUT2D eigenvalue weighted by atomic mass is 35.5. The van der Waals surface area contributed by atoms with Crippen LogP contribution in [-0.2, 0) is 9.53 Å². The number of rotatable bonds is 5. The van der Waals surface area contributed by atoms with Gasteiger partial charge >= 0.3 is 5.97 Å². The zero-order valence-corrected chi connectivity index (χ0v) is 9.32. The van der Waals surface area contributed by atoms with E-state index in [0.29, 0.717) is 5.75 Å². The van der Waals surface area contributed by atoms with E-state index in [1.807, 2.05) is 6.92 Å². The van der Waals surface area contributed by atoms with Crippen LogP contribution in [0.25, 0.3) is 0 Å². The molecular weight excluding hydrogens is 210 g/mol. The van der Waals surface area contributed by atoms with Gasteiger partial charge in [0.05, 0.1) is 7.11 Å². The van der Waals surface area contributed by atoms with Crippen LogP contribution in [0, 0.1) is 0 Å². The van der Waals surface area contributed by atoms with Crippen molar-refractivity contribution in [3.63, 3.8) is 0 Å². The molecule has 5 heteroatoms. The molecule has 3 nitrogen and oxygen atoms in total. The molecule has 0 aromatic rings. The fourth-order valence-corrected chi connectivity index (χ4v) is 1.68. The maximum atomic E-state index is 10.9. The largest absolute Gasteiger partial charge is 0.468 e. The average Bonchev–Trinajstić information content (AvgIpc) is 2.15. The molecule has 1 unspecified atom stereocenters. The van der Waals surface area contributed by atoms with Crippen LogP contribution in [0.15, 0.2) is 11.1 Å². The first kappa shape index (κ1) is 12.8. The minimum absolute atomic E-state index is 0.375. The van der Waals surface area contributed by atoms with Crippen molar-refractivity contribution in [3.05, 3.63) is 11.1 Å². The van der Waals surface area contributed by atoms with E-state index in [1.165, 1.54) is 12.6 Å². The molecule has 0 amide bonds. The van der Waals surface area contributed by atoms with Crippen molar-refractivity contribution in [2.45, 2.75) is 13.0 Å². The van der Waals surface area contributed by atoms with Gasteiger partial charge in [0.1, 0.15) is 6.04 Å². The lowest BCUT2D eigenvalue weighted by molar-refractivity contribution is -0.141. The summed E-state index contributed by atoms with van der Waals surface area (Å²) in [5.74, 6) is 0.961. The van der Waals surface area contributed by atoms with E-state index in [2.05, 4.69) is 4.74 Å². The highest BCUT2D eigenvalue weighted by molar-refractivity contribution is 7.99. The zero-order chi connectivity index (χ0) is 10.3. The van der Waals surface area contributed by atoms with Crippen LogP contribution in [-0.4, -0.2) is 30.6 Å². The molecule has 0 aromatic carbocycles. The second kappa shape index (κ2) is 7.24. The fraction of sp³-hybridized carbons (Fsp3) is 0.625. The summed E-state index contributed by atoms with van der Waals surface area (Å²) in [5, 5.41) is 0. The molecule has 0 spiro atoms. The van der Waals surface area contributed by atoms with E-state index in [1.54, 1.807) is 11.8 Å². The second-order valence-electron chi connectivity index (χ2n) is 2.60. The van der Waals surface area contributed by atoms with Crippen LogP contribution in [0.4, 0.5) is 0 Å². The molecule has 0 aliphatic carbocycles. The number of carbonyl (C=O) groups is 1. The number of nitrogens with two attached hydrogens (primary N) is 1. The number of ether oxygens (including phenoxy) is 1. The van der Waals surface area contributed by atoms with Crippen molar-refractivity contribution in [3.8, 4) is 0 Å². The highest BCUT2D eigenvalue weighted by Crippen LogP contribution is 2.09. The number of thioether (sulfide) groups is 1. The molecule has 0 bridgehead atoms. The summed E-state index contributed by atoms with van der Waals surface area (Å²) in [7, 11) is 1.33. The zero-order valence-electron chi connectivity index (χ0n) is 7.75. The third-order valence-corrected chi connectivity index (χ3v) is 2.94. The van der Waals surface area contributed by atoms with Crippen LogP contribution >= 0.6 is 23.4 Å². The van der Waals surface area contributed by atoms with Crippen molar-refractivity contribution < 1.29 is 9.53 Å². The van der Waals surface area contributed by atoms with E-state index in [4.69, 9.17) is 17.3 Å². The summed E-state index contributed by atoms with van der Waals surface area (Å²) < 4.78 is 4.48. The van der Waals surface area contributed by atoms with Gasteiger partial charge in [-0.3, -0.25) is 4.79 Å². The molecule has 76 valence electrons. The van der Waals surface area contributed by atoms with Gasteiger partial charge < -0.3 is 10.5 Å². The maximum absolute atomic E-state index is 10.9. The van der Waals surface area contributed by atoms with Crippen LogP contribution in [0.5, 0.6) is 0 Å². The highest BCUT2D eigenvalue weighted by Gasteiger charge is 2.12. The SMILES string of the molecule is COC(=O)C(N)CSCC(C)=CCl. The Morgan fingerprint density at radius 1 is 1.77 bits per heavy atom. The lowest BCUT2D eigenvalue weighted by Crippen LogP contribution is -2.33. The summed E-state index contributed by atoms with van der Waals surface area (Å²) in [6, 6.07) is -0.543. The summed E-state index contributed by atoms with van der Waals surface area (Å²) >= 11 is 7.02. The monoisotopic (exact) mass is 223 g/mol. The molecule has 1 atom stereocenters. The lowest BCUT2D eigenvalue weighted by atomic mass is 10.4. The maximum Gasteiger partial charge on any atom is 0.323 e. The molecule has 0 aliphatic rings. The first-order valence-electron chi connectivity index (χ1n) is 3.78. The van der Waals surface area contributed by atoms with Gasteiger partial charge in [0.25, 0.3) is 0 Å². The molecule has 0 fully saturated rings. The Bertz CT molecular complexity index is 197. The predicted octanol–water partition coefficient (Wildman–Crippen LogP) is 1.36. The molecule has 0 rings (SSSR count). The number of esters is 1. The molecular formula is C8H14ClNO2S. The Morgan fingerprint density at radius 3 is 2.85 bits per heavy atom. The van der Waals surface area contributed by atoms with Crippen molar-refractivity contribution in [2.75, 3.05) is 18.6 Å². The topological polar surface area (TPSA) is 52.3 Å². The number of carbonyl (C=O) groups excluding carboxylic acids is 1. The molecule has 0 aliphatic heterocycles. The van der Waals surface area contributed by atoms with Crippen molar-refractivity contribution >= 4 is 29.3 Å². The Hall–Kier alpha value is -0.190. The van der Waals surface area contributed by atoms with Gasteiger partial charge in [-0.1, -0.05) is 17.2 Å². The van der Waals surface area contributed by atoms with E-state index < -0.39 is 6.04 Å². The van der Waals surface area contributed by atoms with Crippen molar-refractivity contribution in [1.82, 2.24) is 0 Å².